The molecule has 3 aromatic rings. The lowest BCUT2D eigenvalue weighted by molar-refractivity contribution is -0.280. The number of alkyl halides is 3. The summed E-state index contributed by atoms with van der Waals surface area (Å²) in [5.74, 6) is -0.327. The van der Waals surface area contributed by atoms with Crippen LogP contribution in [-0.2, 0) is 12.1 Å². The minimum absolute atomic E-state index is 0.0614. The number of hydrogen-bond acceptors (Lipinski definition) is 5. The van der Waals surface area contributed by atoms with Crippen molar-refractivity contribution in [2.45, 2.75) is 37.3 Å². The van der Waals surface area contributed by atoms with Gasteiger partial charge in [-0.05, 0) is 25.1 Å². The van der Waals surface area contributed by atoms with Crippen LogP contribution in [0.25, 0.3) is 10.3 Å². The van der Waals surface area contributed by atoms with Crippen LogP contribution in [0.5, 0.6) is 5.75 Å². The van der Waals surface area contributed by atoms with E-state index in [1.807, 2.05) is 0 Å². The number of halogens is 4. The highest BCUT2D eigenvalue weighted by atomic mass is 32.1. The molecule has 2 aromatic heterocycles. The van der Waals surface area contributed by atoms with Crippen molar-refractivity contribution in [1.29, 1.82) is 0 Å². The molecule has 28 heavy (non-hydrogen) atoms. The van der Waals surface area contributed by atoms with Gasteiger partial charge in [0.2, 0.25) is 5.43 Å². The first kappa shape index (κ1) is 18.9. The lowest BCUT2D eigenvalue weighted by atomic mass is 9.79. The summed E-state index contributed by atoms with van der Waals surface area (Å²) in [4.78, 5) is 15.8. The van der Waals surface area contributed by atoms with E-state index >= 15 is 0 Å². The van der Waals surface area contributed by atoms with Gasteiger partial charge in [-0.3, -0.25) is 4.79 Å². The van der Waals surface area contributed by atoms with E-state index < -0.39 is 36.2 Å². The molecule has 2 unspecified atom stereocenters. The molecule has 0 aliphatic carbocycles. The molecule has 2 atom stereocenters. The SMILES string of the molecule is CC1(CC(O)(Cn2ccc(=O)c3scnc32)C(F)(F)F)Oc2ccc(F)cc21. The van der Waals surface area contributed by atoms with Gasteiger partial charge in [-0.1, -0.05) is 0 Å². The zero-order valence-electron chi connectivity index (χ0n) is 14.5. The molecule has 1 aliphatic heterocycles. The van der Waals surface area contributed by atoms with Crippen LogP contribution in [-0.4, -0.2) is 26.4 Å². The number of pyridine rings is 1. The third-order valence-electron chi connectivity index (χ3n) is 4.89. The highest BCUT2D eigenvalue weighted by Gasteiger charge is 2.60. The summed E-state index contributed by atoms with van der Waals surface area (Å²) in [6.07, 6.45) is -4.69. The molecule has 1 N–H and O–H groups in total. The predicted octanol–water partition coefficient (Wildman–Crippen LogP) is 3.59. The number of fused-ring (bicyclic) bond motifs is 2. The fraction of sp³-hybridized carbons (Fsp3) is 0.333. The molecule has 0 saturated carbocycles. The Morgan fingerprint density at radius 3 is 2.79 bits per heavy atom. The van der Waals surface area contributed by atoms with E-state index in [4.69, 9.17) is 4.74 Å². The van der Waals surface area contributed by atoms with Crippen molar-refractivity contribution in [2.24, 2.45) is 0 Å². The highest BCUT2D eigenvalue weighted by Crippen LogP contribution is 2.51. The Balaban J connectivity index is 1.73. The van der Waals surface area contributed by atoms with Crippen LogP contribution >= 0.6 is 11.3 Å². The summed E-state index contributed by atoms with van der Waals surface area (Å²) >= 11 is 1.01. The van der Waals surface area contributed by atoms with E-state index in [1.165, 1.54) is 24.7 Å². The van der Waals surface area contributed by atoms with Crippen molar-refractivity contribution in [3.8, 4) is 5.75 Å². The van der Waals surface area contributed by atoms with Crippen molar-refractivity contribution in [2.75, 3.05) is 0 Å². The Morgan fingerprint density at radius 2 is 2.07 bits per heavy atom. The fourth-order valence-electron chi connectivity index (χ4n) is 3.52. The van der Waals surface area contributed by atoms with E-state index in [2.05, 4.69) is 4.98 Å². The van der Waals surface area contributed by atoms with Crippen LogP contribution < -0.4 is 10.2 Å². The Morgan fingerprint density at radius 1 is 1.32 bits per heavy atom. The first-order valence-electron chi connectivity index (χ1n) is 8.23. The van der Waals surface area contributed by atoms with Crippen LogP contribution in [0.15, 0.2) is 40.8 Å². The van der Waals surface area contributed by atoms with Crippen molar-refractivity contribution in [3.05, 3.63) is 57.6 Å². The highest BCUT2D eigenvalue weighted by molar-refractivity contribution is 7.16. The number of nitrogens with zero attached hydrogens (tertiary/aromatic N) is 2. The van der Waals surface area contributed by atoms with Crippen molar-refractivity contribution >= 4 is 21.7 Å². The number of benzene rings is 1. The molecular formula is C18H14F4N2O3S. The van der Waals surface area contributed by atoms with E-state index in [1.54, 1.807) is 0 Å². The first-order chi connectivity index (χ1) is 13.0. The second-order valence-electron chi connectivity index (χ2n) is 6.99. The summed E-state index contributed by atoms with van der Waals surface area (Å²) < 4.78 is 61.9. The topological polar surface area (TPSA) is 64.4 Å². The Kier molecular flexibility index (Phi) is 4.06. The van der Waals surface area contributed by atoms with Crippen LogP contribution in [0.4, 0.5) is 17.6 Å². The number of hydrogen-bond donors (Lipinski definition) is 1. The van der Waals surface area contributed by atoms with Gasteiger partial charge in [0, 0.05) is 24.2 Å². The fourth-order valence-corrected chi connectivity index (χ4v) is 4.23. The van der Waals surface area contributed by atoms with Crippen LogP contribution in [0.3, 0.4) is 0 Å². The molecule has 0 spiro atoms. The molecule has 148 valence electrons. The summed E-state index contributed by atoms with van der Waals surface area (Å²) in [7, 11) is 0. The average molecular weight is 414 g/mol. The van der Waals surface area contributed by atoms with Crippen molar-refractivity contribution in [1.82, 2.24) is 9.55 Å². The number of aliphatic hydroxyl groups is 1. The molecule has 0 radical (unpaired) electrons. The minimum atomic E-state index is -5.01. The normalized spacial score (nSPS) is 20.9. The Bertz CT molecular complexity index is 1130. The summed E-state index contributed by atoms with van der Waals surface area (Å²) in [5, 5.41) is 10.6. The first-order valence-corrected chi connectivity index (χ1v) is 9.11. The maximum absolute atomic E-state index is 13.9. The smallest absolute Gasteiger partial charge is 0.419 e. The molecule has 1 aromatic carbocycles. The van der Waals surface area contributed by atoms with Gasteiger partial charge in [0.25, 0.3) is 0 Å². The molecule has 1 aliphatic rings. The third-order valence-corrected chi connectivity index (χ3v) is 5.72. The second kappa shape index (κ2) is 6.02. The molecule has 0 bridgehead atoms. The number of ether oxygens (including phenoxy) is 1. The molecule has 5 nitrogen and oxygen atoms in total. The maximum Gasteiger partial charge on any atom is 0.419 e. The van der Waals surface area contributed by atoms with Gasteiger partial charge in [0.15, 0.2) is 11.2 Å². The quantitative estimate of drug-likeness (QED) is 0.663. The van der Waals surface area contributed by atoms with E-state index in [0.717, 1.165) is 34.1 Å². The van der Waals surface area contributed by atoms with Crippen molar-refractivity contribution < 1.29 is 27.4 Å². The molecule has 0 fully saturated rings. The largest absolute Gasteiger partial charge is 0.482 e. The summed E-state index contributed by atoms with van der Waals surface area (Å²) in [5.41, 5.74) is -3.40. The summed E-state index contributed by atoms with van der Waals surface area (Å²) in [6, 6.07) is 4.71. The number of thiazole rings is 1. The van der Waals surface area contributed by atoms with Crippen LogP contribution in [0, 0.1) is 5.82 Å². The predicted molar refractivity (Wildman–Crippen MR) is 93.9 cm³/mol. The molecule has 0 amide bonds. The van der Waals surface area contributed by atoms with Gasteiger partial charge >= 0.3 is 6.18 Å². The minimum Gasteiger partial charge on any atom is -0.482 e. The van der Waals surface area contributed by atoms with Gasteiger partial charge in [-0.15, -0.1) is 11.3 Å². The molecule has 10 heteroatoms. The second-order valence-corrected chi connectivity index (χ2v) is 7.85. The van der Waals surface area contributed by atoms with Crippen LogP contribution in [0.2, 0.25) is 0 Å². The zero-order valence-corrected chi connectivity index (χ0v) is 15.3. The third kappa shape index (κ3) is 2.87. The number of aromatic nitrogens is 2. The Labute approximate surface area is 159 Å². The van der Waals surface area contributed by atoms with E-state index in [-0.39, 0.29) is 27.1 Å². The molecular weight excluding hydrogens is 400 g/mol. The van der Waals surface area contributed by atoms with Gasteiger partial charge in [0.1, 0.15) is 21.9 Å². The van der Waals surface area contributed by atoms with E-state index in [0.29, 0.717) is 0 Å². The van der Waals surface area contributed by atoms with Gasteiger partial charge in [-0.2, -0.15) is 13.2 Å². The van der Waals surface area contributed by atoms with E-state index in [9.17, 15) is 27.5 Å². The maximum atomic E-state index is 13.9. The monoisotopic (exact) mass is 414 g/mol. The number of rotatable bonds is 4. The van der Waals surface area contributed by atoms with Crippen molar-refractivity contribution in [3.63, 3.8) is 0 Å². The molecule has 4 rings (SSSR count). The van der Waals surface area contributed by atoms with Gasteiger partial charge < -0.3 is 14.4 Å². The van der Waals surface area contributed by atoms with Gasteiger partial charge in [-0.25, -0.2) is 9.37 Å². The van der Waals surface area contributed by atoms with Crippen LogP contribution in [0.1, 0.15) is 18.9 Å². The molecule has 0 saturated heterocycles. The lowest BCUT2D eigenvalue weighted by Gasteiger charge is -2.46. The summed E-state index contributed by atoms with van der Waals surface area (Å²) in [6.45, 7) is 0.482. The lowest BCUT2D eigenvalue weighted by Crippen LogP contribution is -2.55. The standard InChI is InChI=1S/C18H14F4N2O3S/c1-16(11-6-10(19)2-3-13(11)27-16)7-17(26,18(20,21)22)8-24-5-4-12(25)14-15(24)23-9-28-14/h2-6,9,26H,7-8H2,1H3. The Hall–Kier alpha value is -2.46. The van der Waals surface area contributed by atoms with Gasteiger partial charge in [0.05, 0.1) is 12.1 Å². The average Bonchev–Trinajstić information content (AvgIpc) is 3.09. The molecule has 3 heterocycles. The zero-order chi connectivity index (χ0) is 20.3.